The molecule has 5 nitrogen and oxygen atoms in total. The molecule has 1 aliphatic rings. The maximum atomic E-state index is 12.8. The summed E-state index contributed by atoms with van der Waals surface area (Å²) in [5.41, 5.74) is -0.0788. The summed E-state index contributed by atoms with van der Waals surface area (Å²) in [5, 5.41) is 6.34. The zero-order valence-corrected chi connectivity index (χ0v) is 15.3. The van der Waals surface area contributed by atoms with E-state index in [2.05, 4.69) is 20.5 Å². The van der Waals surface area contributed by atoms with Crippen LogP contribution < -0.4 is 10.6 Å². The number of methoxy groups -OCH3 is 1. The Kier molecular flexibility index (Phi) is 7.71. The van der Waals surface area contributed by atoms with Gasteiger partial charge in [-0.15, -0.1) is 0 Å². The molecule has 1 fully saturated rings. The number of aliphatic imine (C=N–C) groups is 1. The van der Waals surface area contributed by atoms with E-state index in [1.165, 1.54) is 6.07 Å². The number of nitrogens with one attached hydrogen (secondary N) is 2. The van der Waals surface area contributed by atoms with Gasteiger partial charge in [-0.1, -0.05) is 12.1 Å². The Balaban J connectivity index is 1.83. The molecule has 8 heteroatoms. The van der Waals surface area contributed by atoms with Gasteiger partial charge in [0.25, 0.3) is 0 Å². The van der Waals surface area contributed by atoms with E-state index in [0.29, 0.717) is 24.2 Å². The van der Waals surface area contributed by atoms with Crippen molar-refractivity contribution in [3.8, 4) is 0 Å². The highest BCUT2D eigenvalue weighted by Crippen LogP contribution is 2.29. The highest BCUT2D eigenvalue weighted by molar-refractivity contribution is 5.79. The number of alkyl halides is 3. The lowest BCUT2D eigenvalue weighted by molar-refractivity contribution is -0.137. The van der Waals surface area contributed by atoms with Gasteiger partial charge in [-0.05, 0) is 37.1 Å². The molecule has 0 radical (unpaired) electrons. The number of halogens is 3. The van der Waals surface area contributed by atoms with Crippen LogP contribution in [0.25, 0.3) is 0 Å². The normalized spacial score (nSPS) is 19.0. The van der Waals surface area contributed by atoms with Crippen molar-refractivity contribution in [3.05, 3.63) is 35.4 Å². The van der Waals surface area contributed by atoms with Crippen LogP contribution in [-0.4, -0.2) is 57.3 Å². The predicted molar refractivity (Wildman–Crippen MR) is 96.1 cm³/mol. The lowest BCUT2D eigenvalue weighted by Crippen LogP contribution is -2.45. The van der Waals surface area contributed by atoms with Crippen LogP contribution in [0.3, 0.4) is 0 Å². The molecule has 0 amide bonds. The van der Waals surface area contributed by atoms with Crippen molar-refractivity contribution in [2.24, 2.45) is 4.99 Å². The first kappa shape index (κ1) is 20.5. The van der Waals surface area contributed by atoms with Gasteiger partial charge < -0.3 is 15.4 Å². The molecule has 1 aliphatic heterocycles. The third-order valence-corrected chi connectivity index (χ3v) is 4.52. The van der Waals surface area contributed by atoms with Crippen molar-refractivity contribution < 1.29 is 17.9 Å². The van der Waals surface area contributed by atoms with Crippen molar-refractivity contribution in [1.29, 1.82) is 0 Å². The van der Waals surface area contributed by atoms with Crippen LogP contribution in [0.2, 0.25) is 0 Å². The summed E-state index contributed by atoms with van der Waals surface area (Å²) >= 11 is 0. The van der Waals surface area contributed by atoms with Gasteiger partial charge in [-0.3, -0.25) is 9.89 Å². The minimum absolute atomic E-state index is 0.279. The molecule has 1 saturated heterocycles. The standard InChI is InChI=1S/C18H27F3N4O/c1-22-17(24-13-16-7-4-8-25(16)9-10-26-2)23-12-14-5-3-6-15(11-14)18(19,20)21/h3,5-6,11,16H,4,7-10,12-13H2,1-2H3,(H2,22,23,24). The number of benzene rings is 1. The molecule has 0 saturated carbocycles. The second-order valence-corrected chi connectivity index (χ2v) is 6.33. The maximum absolute atomic E-state index is 12.8. The van der Waals surface area contributed by atoms with Crippen LogP contribution in [0.15, 0.2) is 29.3 Å². The first-order valence-electron chi connectivity index (χ1n) is 8.77. The lowest BCUT2D eigenvalue weighted by Gasteiger charge is -2.25. The van der Waals surface area contributed by atoms with Gasteiger partial charge in [-0.2, -0.15) is 13.2 Å². The van der Waals surface area contributed by atoms with E-state index >= 15 is 0 Å². The summed E-state index contributed by atoms with van der Waals surface area (Å²) < 4.78 is 43.5. The summed E-state index contributed by atoms with van der Waals surface area (Å²) in [6.45, 7) is 3.69. The molecule has 0 aromatic heterocycles. The number of likely N-dealkylation sites (tertiary alicyclic amines) is 1. The van der Waals surface area contributed by atoms with Gasteiger partial charge in [-0.25, -0.2) is 0 Å². The zero-order valence-electron chi connectivity index (χ0n) is 15.3. The van der Waals surface area contributed by atoms with Gasteiger partial charge in [0, 0.05) is 39.8 Å². The molecular weight excluding hydrogens is 345 g/mol. The van der Waals surface area contributed by atoms with Crippen LogP contribution in [0, 0.1) is 0 Å². The first-order chi connectivity index (χ1) is 12.4. The molecule has 1 atom stereocenters. The van der Waals surface area contributed by atoms with Gasteiger partial charge >= 0.3 is 6.18 Å². The molecule has 26 heavy (non-hydrogen) atoms. The number of ether oxygens (including phenoxy) is 1. The van der Waals surface area contributed by atoms with Crippen LogP contribution in [-0.2, 0) is 17.5 Å². The molecule has 1 aromatic rings. The molecule has 2 rings (SSSR count). The Morgan fingerprint density at radius 2 is 2.15 bits per heavy atom. The molecule has 146 valence electrons. The van der Waals surface area contributed by atoms with Gasteiger partial charge in [0.1, 0.15) is 0 Å². The SMILES string of the molecule is CN=C(NCc1cccc(C(F)(F)F)c1)NCC1CCCN1CCOC. The highest BCUT2D eigenvalue weighted by atomic mass is 19.4. The lowest BCUT2D eigenvalue weighted by atomic mass is 10.1. The molecule has 1 aromatic carbocycles. The predicted octanol–water partition coefficient (Wildman–Crippen LogP) is 2.48. The number of hydrogen-bond donors (Lipinski definition) is 2. The van der Waals surface area contributed by atoms with E-state index in [9.17, 15) is 13.2 Å². The van der Waals surface area contributed by atoms with Gasteiger partial charge in [0.05, 0.1) is 12.2 Å². The van der Waals surface area contributed by atoms with Crippen LogP contribution in [0.1, 0.15) is 24.0 Å². The summed E-state index contributed by atoms with van der Waals surface area (Å²) in [6, 6.07) is 5.73. The van der Waals surface area contributed by atoms with Crippen molar-refractivity contribution in [3.63, 3.8) is 0 Å². The van der Waals surface area contributed by atoms with E-state index in [1.807, 2.05) is 0 Å². The van der Waals surface area contributed by atoms with E-state index in [1.54, 1.807) is 20.2 Å². The van der Waals surface area contributed by atoms with Gasteiger partial charge in [0.2, 0.25) is 0 Å². The minimum Gasteiger partial charge on any atom is -0.383 e. The molecular formula is C18H27F3N4O. The van der Waals surface area contributed by atoms with Crippen molar-refractivity contribution >= 4 is 5.96 Å². The average molecular weight is 372 g/mol. The number of hydrogen-bond acceptors (Lipinski definition) is 3. The van der Waals surface area contributed by atoms with Crippen molar-refractivity contribution in [1.82, 2.24) is 15.5 Å². The third kappa shape index (κ3) is 6.17. The first-order valence-corrected chi connectivity index (χ1v) is 8.77. The topological polar surface area (TPSA) is 48.9 Å². The van der Waals surface area contributed by atoms with E-state index in [0.717, 1.165) is 44.6 Å². The van der Waals surface area contributed by atoms with Gasteiger partial charge in [0.15, 0.2) is 5.96 Å². The smallest absolute Gasteiger partial charge is 0.383 e. The molecule has 0 spiro atoms. The van der Waals surface area contributed by atoms with Crippen LogP contribution in [0.4, 0.5) is 13.2 Å². The maximum Gasteiger partial charge on any atom is 0.416 e. The molecule has 1 unspecified atom stereocenters. The largest absolute Gasteiger partial charge is 0.416 e. The summed E-state index contributed by atoms with van der Waals surface area (Å²) in [4.78, 5) is 6.54. The number of nitrogens with zero attached hydrogens (tertiary/aromatic N) is 2. The van der Waals surface area contributed by atoms with E-state index in [4.69, 9.17) is 4.74 Å². The fourth-order valence-corrected chi connectivity index (χ4v) is 3.11. The number of guanidine groups is 1. The summed E-state index contributed by atoms with van der Waals surface area (Å²) in [5.74, 6) is 0.584. The van der Waals surface area contributed by atoms with Crippen molar-refractivity contribution in [2.75, 3.05) is 40.4 Å². The fourth-order valence-electron chi connectivity index (χ4n) is 3.11. The van der Waals surface area contributed by atoms with Crippen molar-refractivity contribution in [2.45, 2.75) is 31.6 Å². The molecule has 0 bridgehead atoms. The second-order valence-electron chi connectivity index (χ2n) is 6.33. The highest BCUT2D eigenvalue weighted by Gasteiger charge is 2.30. The van der Waals surface area contributed by atoms with Crippen LogP contribution >= 0.6 is 0 Å². The molecule has 0 aliphatic carbocycles. The Hall–Kier alpha value is -1.80. The zero-order chi connectivity index (χ0) is 19.0. The monoisotopic (exact) mass is 372 g/mol. The van der Waals surface area contributed by atoms with E-state index < -0.39 is 11.7 Å². The fraction of sp³-hybridized carbons (Fsp3) is 0.611. The summed E-state index contributed by atoms with van der Waals surface area (Å²) in [7, 11) is 3.35. The number of rotatable bonds is 7. The Morgan fingerprint density at radius 3 is 2.85 bits per heavy atom. The Bertz CT molecular complexity index is 592. The second kappa shape index (κ2) is 9.78. The summed E-state index contributed by atoms with van der Waals surface area (Å²) in [6.07, 6.45) is -2.06. The van der Waals surface area contributed by atoms with E-state index in [-0.39, 0.29) is 6.54 Å². The minimum atomic E-state index is -4.33. The molecule has 1 heterocycles. The Labute approximate surface area is 152 Å². The molecule has 2 N–H and O–H groups in total. The quantitative estimate of drug-likeness (QED) is 0.570. The average Bonchev–Trinajstić information content (AvgIpc) is 3.07. The Morgan fingerprint density at radius 1 is 1.35 bits per heavy atom. The third-order valence-electron chi connectivity index (χ3n) is 4.52. The van der Waals surface area contributed by atoms with Crippen LogP contribution in [0.5, 0.6) is 0 Å².